The van der Waals surface area contributed by atoms with E-state index in [1.54, 1.807) is 18.5 Å². The van der Waals surface area contributed by atoms with Crippen molar-refractivity contribution in [2.75, 3.05) is 17.6 Å². The zero-order chi connectivity index (χ0) is 15.6. The van der Waals surface area contributed by atoms with Gasteiger partial charge in [0.05, 0.1) is 17.6 Å². The molecule has 2 rings (SSSR count). The lowest BCUT2D eigenvalue weighted by Gasteiger charge is -2.08. The molecule has 0 saturated carbocycles. The normalized spacial score (nSPS) is 10.8. The van der Waals surface area contributed by atoms with Crippen LogP contribution in [-0.2, 0) is 6.42 Å². The third-order valence-corrected chi connectivity index (χ3v) is 2.93. The number of benzene rings is 1. The summed E-state index contributed by atoms with van der Waals surface area (Å²) in [5.41, 5.74) is 8.18. The molecule has 0 bridgehead atoms. The summed E-state index contributed by atoms with van der Waals surface area (Å²) >= 11 is 0. The molecule has 0 aliphatic carbocycles. The fourth-order valence-electron chi connectivity index (χ4n) is 1.94. The average molecular weight is 294 g/mol. The number of aliphatic imine (C=N–C) groups is 1. The maximum absolute atomic E-state index is 8.78. The van der Waals surface area contributed by atoms with Crippen LogP contribution < -0.4 is 16.4 Å². The Labute approximate surface area is 129 Å². The number of nitrogens with two attached hydrogens (primary N) is 1. The van der Waals surface area contributed by atoms with Crippen LogP contribution in [0.2, 0.25) is 0 Å². The number of nitrogens with zero attached hydrogens (tertiary/aromatic N) is 3. The first kappa shape index (κ1) is 15.3. The first-order chi connectivity index (χ1) is 10.8. The number of nitriles is 1. The molecular weight excluding hydrogens is 276 g/mol. The van der Waals surface area contributed by atoms with Crippen molar-refractivity contribution in [3.05, 3.63) is 54.4 Å². The summed E-state index contributed by atoms with van der Waals surface area (Å²) in [6.07, 6.45) is 6.89. The highest BCUT2D eigenvalue weighted by atomic mass is 15.2. The molecule has 6 nitrogen and oxygen atoms in total. The van der Waals surface area contributed by atoms with E-state index in [9.17, 15) is 0 Å². The van der Waals surface area contributed by atoms with Crippen molar-refractivity contribution in [1.82, 2.24) is 10.3 Å². The van der Waals surface area contributed by atoms with Gasteiger partial charge in [-0.2, -0.15) is 5.26 Å². The van der Waals surface area contributed by atoms with Crippen molar-refractivity contribution in [3.8, 4) is 6.19 Å². The van der Waals surface area contributed by atoms with Gasteiger partial charge in [-0.25, -0.2) is 0 Å². The lowest BCUT2D eigenvalue weighted by molar-refractivity contribution is 0.830. The van der Waals surface area contributed by atoms with Gasteiger partial charge in [0, 0.05) is 12.7 Å². The summed E-state index contributed by atoms with van der Waals surface area (Å²) in [6, 6.07) is 12.0. The molecule has 1 aromatic carbocycles. The van der Waals surface area contributed by atoms with Gasteiger partial charge in [0.1, 0.15) is 0 Å². The molecule has 6 heteroatoms. The fourth-order valence-corrected chi connectivity index (χ4v) is 1.94. The summed E-state index contributed by atoms with van der Waals surface area (Å²) in [4.78, 5) is 8.34. The van der Waals surface area contributed by atoms with Gasteiger partial charge >= 0.3 is 0 Å². The van der Waals surface area contributed by atoms with Crippen molar-refractivity contribution in [2.45, 2.75) is 12.8 Å². The maximum atomic E-state index is 8.78. The Hall–Kier alpha value is -3.07. The Balaban J connectivity index is 1.88. The number of rotatable bonds is 5. The third-order valence-electron chi connectivity index (χ3n) is 2.93. The van der Waals surface area contributed by atoms with E-state index in [1.165, 1.54) is 5.56 Å². The largest absolute Gasteiger partial charge is 0.397 e. The molecule has 1 heterocycles. The number of hydrogen-bond donors (Lipinski definition) is 3. The molecule has 0 aliphatic rings. The fraction of sp³-hybridized carbons (Fsp3) is 0.188. The number of pyridine rings is 1. The number of anilines is 2. The van der Waals surface area contributed by atoms with Crippen LogP contribution in [0.3, 0.4) is 0 Å². The van der Waals surface area contributed by atoms with E-state index in [1.807, 2.05) is 24.4 Å². The first-order valence-electron chi connectivity index (χ1n) is 6.99. The van der Waals surface area contributed by atoms with Gasteiger partial charge in [0.25, 0.3) is 0 Å². The summed E-state index contributed by atoms with van der Waals surface area (Å²) in [6.45, 7) is 0.613. The Morgan fingerprint density at radius 3 is 2.82 bits per heavy atom. The monoisotopic (exact) mass is 294 g/mol. The van der Waals surface area contributed by atoms with Gasteiger partial charge < -0.3 is 11.1 Å². The molecule has 0 fully saturated rings. The Morgan fingerprint density at radius 1 is 1.27 bits per heavy atom. The molecule has 0 unspecified atom stereocenters. The van der Waals surface area contributed by atoms with Gasteiger partial charge in [-0.05, 0) is 24.5 Å². The molecule has 2 aromatic rings. The maximum Gasteiger partial charge on any atom is 0.209 e. The average Bonchev–Trinajstić information content (AvgIpc) is 2.53. The summed E-state index contributed by atoms with van der Waals surface area (Å²) < 4.78 is 0. The molecule has 22 heavy (non-hydrogen) atoms. The SMILES string of the molecule is N#CNC(=NCCCc1ccccc1)Nc1cncc(N)c1. The predicted octanol–water partition coefficient (Wildman–Crippen LogP) is 2.14. The Bertz CT molecular complexity index is 660. The highest BCUT2D eigenvalue weighted by Gasteiger charge is 2.00. The van der Waals surface area contributed by atoms with Gasteiger partial charge in [-0.3, -0.25) is 15.3 Å². The van der Waals surface area contributed by atoms with Crippen molar-refractivity contribution >= 4 is 17.3 Å². The van der Waals surface area contributed by atoms with Gasteiger partial charge in [-0.15, -0.1) is 0 Å². The van der Waals surface area contributed by atoms with Crippen LogP contribution in [0, 0.1) is 11.5 Å². The molecule has 0 radical (unpaired) electrons. The van der Waals surface area contributed by atoms with E-state index in [4.69, 9.17) is 11.0 Å². The van der Waals surface area contributed by atoms with Crippen molar-refractivity contribution < 1.29 is 0 Å². The van der Waals surface area contributed by atoms with E-state index in [0.717, 1.165) is 12.8 Å². The third kappa shape index (κ3) is 5.13. The number of nitrogen functional groups attached to an aromatic ring is 1. The van der Waals surface area contributed by atoms with Crippen LogP contribution in [0.4, 0.5) is 11.4 Å². The zero-order valence-electron chi connectivity index (χ0n) is 12.2. The molecule has 0 aliphatic heterocycles. The highest BCUT2D eigenvalue weighted by Crippen LogP contribution is 2.09. The van der Waals surface area contributed by atoms with Crippen LogP contribution in [0.5, 0.6) is 0 Å². The molecule has 0 atom stereocenters. The van der Waals surface area contributed by atoms with Crippen molar-refractivity contribution in [2.24, 2.45) is 4.99 Å². The zero-order valence-corrected chi connectivity index (χ0v) is 12.2. The van der Waals surface area contributed by atoms with Crippen LogP contribution in [-0.4, -0.2) is 17.5 Å². The number of aromatic nitrogens is 1. The van der Waals surface area contributed by atoms with Crippen molar-refractivity contribution in [1.29, 1.82) is 5.26 Å². The van der Waals surface area contributed by atoms with Crippen LogP contribution in [0.15, 0.2) is 53.8 Å². The number of hydrogen-bond acceptors (Lipinski definition) is 4. The minimum absolute atomic E-state index is 0.392. The molecule has 0 amide bonds. The molecular formula is C16H18N6. The van der Waals surface area contributed by atoms with E-state index in [0.29, 0.717) is 23.9 Å². The lowest BCUT2D eigenvalue weighted by atomic mass is 10.1. The molecule has 0 spiro atoms. The standard InChI is InChI=1S/C16H18N6/c17-12-21-16(22-15-9-14(18)10-19-11-15)20-8-4-7-13-5-2-1-3-6-13/h1-3,5-6,9-11H,4,7-8,18H2,(H2,20,21,22). The minimum Gasteiger partial charge on any atom is -0.397 e. The number of nitrogens with one attached hydrogen (secondary N) is 2. The van der Waals surface area contributed by atoms with E-state index in [-0.39, 0.29) is 0 Å². The number of aryl methyl sites for hydroxylation is 1. The van der Waals surface area contributed by atoms with Gasteiger partial charge in [0.2, 0.25) is 5.96 Å². The van der Waals surface area contributed by atoms with Gasteiger partial charge in [0.15, 0.2) is 6.19 Å². The first-order valence-corrected chi connectivity index (χ1v) is 6.99. The molecule has 1 aromatic heterocycles. The highest BCUT2D eigenvalue weighted by molar-refractivity contribution is 5.94. The van der Waals surface area contributed by atoms with Crippen LogP contribution in [0.1, 0.15) is 12.0 Å². The lowest BCUT2D eigenvalue weighted by Crippen LogP contribution is -2.27. The van der Waals surface area contributed by atoms with Crippen LogP contribution in [0.25, 0.3) is 0 Å². The second-order valence-electron chi connectivity index (χ2n) is 4.69. The van der Waals surface area contributed by atoms with E-state index in [2.05, 4.69) is 32.7 Å². The Kier molecular flexibility index (Phi) is 5.76. The summed E-state index contributed by atoms with van der Waals surface area (Å²) in [5, 5.41) is 14.3. The van der Waals surface area contributed by atoms with Crippen LogP contribution >= 0.6 is 0 Å². The predicted molar refractivity (Wildman–Crippen MR) is 88.1 cm³/mol. The summed E-state index contributed by atoms with van der Waals surface area (Å²) in [7, 11) is 0. The number of guanidine groups is 1. The van der Waals surface area contributed by atoms with Gasteiger partial charge in [-0.1, -0.05) is 30.3 Å². The Morgan fingerprint density at radius 2 is 2.09 bits per heavy atom. The van der Waals surface area contributed by atoms with E-state index < -0.39 is 0 Å². The second-order valence-corrected chi connectivity index (χ2v) is 4.69. The van der Waals surface area contributed by atoms with Crippen molar-refractivity contribution in [3.63, 3.8) is 0 Å². The molecule has 0 saturated heterocycles. The smallest absolute Gasteiger partial charge is 0.209 e. The second kappa shape index (κ2) is 8.27. The van der Waals surface area contributed by atoms with E-state index >= 15 is 0 Å². The quantitative estimate of drug-likeness (QED) is 0.258. The minimum atomic E-state index is 0.392. The molecule has 4 N–H and O–H groups in total. The molecule has 112 valence electrons. The topological polar surface area (TPSA) is 99.1 Å². The summed E-state index contributed by atoms with van der Waals surface area (Å²) in [5.74, 6) is 0.392.